The minimum Gasteiger partial charge on any atom is -0.488 e. The highest BCUT2D eigenvalue weighted by atomic mass is 32.2. The van der Waals surface area contributed by atoms with Crippen LogP contribution in [0.15, 0.2) is 53.4 Å². The molecule has 0 spiro atoms. The van der Waals surface area contributed by atoms with Crippen LogP contribution >= 0.6 is 11.8 Å². The zero-order valence-corrected chi connectivity index (χ0v) is 17.9. The molecular formula is C23H23NO5S. The highest BCUT2D eigenvalue weighted by Gasteiger charge is 2.37. The summed E-state index contributed by atoms with van der Waals surface area (Å²) in [4.78, 5) is 37.8. The molecule has 1 aliphatic heterocycles. The predicted molar refractivity (Wildman–Crippen MR) is 116 cm³/mol. The molecule has 6 nitrogen and oxygen atoms in total. The number of aryl methyl sites for hydroxylation is 1. The number of benzene rings is 2. The minimum absolute atomic E-state index is 0.240. The fourth-order valence-electron chi connectivity index (χ4n) is 2.78. The van der Waals surface area contributed by atoms with E-state index in [1.54, 1.807) is 19.9 Å². The zero-order chi connectivity index (χ0) is 21.7. The van der Waals surface area contributed by atoms with E-state index in [0.717, 1.165) is 22.2 Å². The van der Waals surface area contributed by atoms with Gasteiger partial charge in [-0.1, -0.05) is 48.0 Å². The van der Waals surface area contributed by atoms with E-state index >= 15 is 0 Å². The first-order valence-electron chi connectivity index (χ1n) is 9.55. The lowest BCUT2D eigenvalue weighted by atomic mass is 10.1. The normalized spacial score (nSPS) is 15.2. The monoisotopic (exact) mass is 425 g/mol. The van der Waals surface area contributed by atoms with E-state index < -0.39 is 23.7 Å². The van der Waals surface area contributed by atoms with Crippen molar-refractivity contribution in [2.45, 2.75) is 33.5 Å². The second-order valence-electron chi connectivity index (χ2n) is 7.12. The van der Waals surface area contributed by atoms with Gasteiger partial charge in [-0.2, -0.15) is 0 Å². The van der Waals surface area contributed by atoms with Gasteiger partial charge in [-0.25, -0.2) is 0 Å². The highest BCUT2D eigenvalue weighted by Crippen LogP contribution is 2.34. The smallest absolute Gasteiger partial charge is 0.326 e. The molecule has 0 bridgehead atoms. The van der Waals surface area contributed by atoms with Crippen LogP contribution in [0.2, 0.25) is 0 Å². The molecule has 30 heavy (non-hydrogen) atoms. The van der Waals surface area contributed by atoms with Gasteiger partial charge in [-0.3, -0.25) is 19.3 Å². The number of imide groups is 1. The van der Waals surface area contributed by atoms with Gasteiger partial charge in [0, 0.05) is 5.56 Å². The molecule has 1 aliphatic rings. The van der Waals surface area contributed by atoms with Crippen molar-refractivity contribution in [1.29, 1.82) is 0 Å². The summed E-state index contributed by atoms with van der Waals surface area (Å²) in [7, 11) is 0. The number of rotatable bonds is 7. The molecule has 156 valence electrons. The molecule has 0 unspecified atom stereocenters. The fraction of sp³-hybridized carbons (Fsp3) is 0.261. The number of carbonyl (C=O) groups excluding carboxylic acids is 3. The number of hydrogen-bond acceptors (Lipinski definition) is 6. The summed E-state index contributed by atoms with van der Waals surface area (Å²) in [6.45, 7) is 5.42. The van der Waals surface area contributed by atoms with Crippen molar-refractivity contribution in [2.24, 2.45) is 0 Å². The van der Waals surface area contributed by atoms with Crippen LogP contribution in [0.4, 0.5) is 4.79 Å². The first kappa shape index (κ1) is 21.6. The summed E-state index contributed by atoms with van der Waals surface area (Å²) in [5.74, 6) is -0.529. The van der Waals surface area contributed by atoms with E-state index in [4.69, 9.17) is 9.47 Å². The van der Waals surface area contributed by atoms with Crippen molar-refractivity contribution in [3.05, 3.63) is 70.1 Å². The summed E-state index contributed by atoms with van der Waals surface area (Å²) < 4.78 is 11.0. The Morgan fingerprint density at radius 2 is 1.80 bits per heavy atom. The number of nitrogens with zero attached hydrogens (tertiary/aromatic N) is 1. The molecule has 1 fully saturated rings. The summed E-state index contributed by atoms with van der Waals surface area (Å²) in [6, 6.07) is 15.3. The van der Waals surface area contributed by atoms with Gasteiger partial charge in [-0.15, -0.1) is 0 Å². The second-order valence-corrected chi connectivity index (χ2v) is 8.11. The van der Waals surface area contributed by atoms with Crippen LogP contribution in [-0.4, -0.2) is 34.7 Å². The molecule has 2 amide bonds. The summed E-state index contributed by atoms with van der Waals surface area (Å²) in [5.41, 5.74) is 2.88. The van der Waals surface area contributed by atoms with Gasteiger partial charge >= 0.3 is 5.97 Å². The Labute approximate surface area is 179 Å². The lowest BCUT2D eigenvalue weighted by molar-refractivity contribution is -0.149. The number of para-hydroxylation sites is 1. The van der Waals surface area contributed by atoms with Gasteiger partial charge in [0.1, 0.15) is 18.9 Å². The van der Waals surface area contributed by atoms with E-state index in [0.29, 0.717) is 17.9 Å². The van der Waals surface area contributed by atoms with Crippen LogP contribution in [0, 0.1) is 6.92 Å². The summed E-state index contributed by atoms with van der Waals surface area (Å²) >= 11 is 0.797. The maximum atomic E-state index is 12.6. The first-order chi connectivity index (χ1) is 14.3. The number of ether oxygens (including phenoxy) is 2. The third-order valence-corrected chi connectivity index (χ3v) is 5.16. The number of thioether (sulfide) groups is 1. The second kappa shape index (κ2) is 9.63. The minimum atomic E-state index is -0.615. The molecule has 2 aromatic carbocycles. The Kier molecular flexibility index (Phi) is 6.95. The molecule has 0 radical (unpaired) electrons. The average molecular weight is 426 g/mol. The van der Waals surface area contributed by atoms with Crippen molar-refractivity contribution in [3.63, 3.8) is 0 Å². The Morgan fingerprint density at radius 1 is 1.10 bits per heavy atom. The topological polar surface area (TPSA) is 72.9 Å². The molecule has 7 heteroatoms. The van der Waals surface area contributed by atoms with Crippen molar-refractivity contribution in [1.82, 2.24) is 4.90 Å². The van der Waals surface area contributed by atoms with Crippen LogP contribution in [0.1, 0.15) is 30.5 Å². The van der Waals surface area contributed by atoms with Gasteiger partial charge in [-0.05, 0) is 50.2 Å². The van der Waals surface area contributed by atoms with E-state index in [1.165, 1.54) is 5.56 Å². The molecular weight excluding hydrogens is 402 g/mol. The van der Waals surface area contributed by atoms with Gasteiger partial charge in [0.15, 0.2) is 0 Å². The molecule has 3 rings (SSSR count). The average Bonchev–Trinajstić information content (AvgIpc) is 2.95. The number of amides is 2. The lowest BCUT2D eigenvalue weighted by Crippen LogP contribution is -2.35. The van der Waals surface area contributed by atoms with Gasteiger partial charge in [0.25, 0.3) is 11.1 Å². The Hall–Kier alpha value is -3.06. The third-order valence-electron chi connectivity index (χ3n) is 4.25. The van der Waals surface area contributed by atoms with Crippen molar-refractivity contribution < 1.29 is 23.9 Å². The Balaban J connectivity index is 1.73. The SMILES string of the molecule is Cc1ccc(COc2ccccc2/C=C2/SC(=O)N(CC(=O)OC(C)C)C2=O)cc1. The van der Waals surface area contributed by atoms with Crippen LogP contribution in [0.3, 0.4) is 0 Å². The van der Waals surface area contributed by atoms with Gasteiger partial charge in [0.05, 0.1) is 11.0 Å². The lowest BCUT2D eigenvalue weighted by Gasteiger charge is -2.13. The van der Waals surface area contributed by atoms with E-state index in [-0.39, 0.29) is 11.0 Å². The summed E-state index contributed by atoms with van der Waals surface area (Å²) in [6.07, 6.45) is 1.30. The first-order valence-corrected chi connectivity index (χ1v) is 10.4. The highest BCUT2D eigenvalue weighted by molar-refractivity contribution is 8.18. The largest absolute Gasteiger partial charge is 0.488 e. The van der Waals surface area contributed by atoms with Crippen LogP contribution in [-0.2, 0) is 20.9 Å². The molecule has 0 aromatic heterocycles. The number of esters is 1. The van der Waals surface area contributed by atoms with Crippen LogP contribution in [0.5, 0.6) is 5.75 Å². The maximum absolute atomic E-state index is 12.6. The molecule has 0 saturated carbocycles. The molecule has 0 atom stereocenters. The van der Waals surface area contributed by atoms with Gasteiger partial charge < -0.3 is 9.47 Å². The molecule has 0 aliphatic carbocycles. The molecule has 2 aromatic rings. The zero-order valence-electron chi connectivity index (χ0n) is 17.1. The Morgan fingerprint density at radius 3 is 2.50 bits per heavy atom. The third kappa shape index (κ3) is 5.51. The van der Waals surface area contributed by atoms with Crippen molar-refractivity contribution >= 4 is 35.0 Å². The van der Waals surface area contributed by atoms with E-state index in [9.17, 15) is 14.4 Å². The Bertz CT molecular complexity index is 981. The maximum Gasteiger partial charge on any atom is 0.326 e. The van der Waals surface area contributed by atoms with Crippen molar-refractivity contribution in [3.8, 4) is 5.75 Å². The molecule has 1 saturated heterocycles. The quantitative estimate of drug-likeness (QED) is 0.478. The molecule has 1 heterocycles. The fourth-order valence-corrected chi connectivity index (χ4v) is 3.61. The van der Waals surface area contributed by atoms with E-state index in [1.807, 2.05) is 55.5 Å². The standard InChI is InChI=1S/C23H23NO5S/c1-15(2)29-21(25)13-24-22(26)20(30-23(24)27)12-18-6-4-5-7-19(18)28-14-17-10-8-16(3)9-11-17/h4-12,15H,13-14H2,1-3H3/b20-12+. The molecule has 0 N–H and O–H groups in total. The van der Waals surface area contributed by atoms with E-state index in [2.05, 4.69) is 0 Å². The number of hydrogen-bond donors (Lipinski definition) is 0. The van der Waals surface area contributed by atoms with Crippen LogP contribution < -0.4 is 4.74 Å². The van der Waals surface area contributed by atoms with Gasteiger partial charge in [0.2, 0.25) is 0 Å². The predicted octanol–water partition coefficient (Wildman–Crippen LogP) is 4.56. The van der Waals surface area contributed by atoms with Crippen molar-refractivity contribution in [2.75, 3.05) is 6.54 Å². The summed E-state index contributed by atoms with van der Waals surface area (Å²) in [5, 5.41) is -0.495. The van der Waals surface area contributed by atoms with Crippen LogP contribution in [0.25, 0.3) is 6.08 Å². The number of carbonyl (C=O) groups is 3.